The molecular formula is C22H26N2O3. The molecule has 1 heterocycles. The minimum Gasteiger partial charge on any atom is -0.493 e. The van der Waals surface area contributed by atoms with E-state index < -0.39 is 0 Å². The monoisotopic (exact) mass is 366 g/mol. The SMILES string of the molecule is CCc1cccc2cc(CNCCc3cccc(OC)c3OC)c(=O)[nH]c12. The molecule has 0 aliphatic carbocycles. The van der Waals surface area contributed by atoms with Crippen molar-refractivity contribution < 1.29 is 9.47 Å². The van der Waals surface area contributed by atoms with Crippen molar-refractivity contribution in [3.8, 4) is 11.5 Å². The average Bonchev–Trinajstić information content (AvgIpc) is 2.70. The van der Waals surface area contributed by atoms with Crippen molar-refractivity contribution in [3.05, 3.63) is 69.5 Å². The minimum atomic E-state index is -0.0325. The van der Waals surface area contributed by atoms with E-state index in [1.807, 2.05) is 36.4 Å². The van der Waals surface area contributed by atoms with Gasteiger partial charge in [0, 0.05) is 12.1 Å². The number of ether oxygens (including phenoxy) is 2. The highest BCUT2D eigenvalue weighted by molar-refractivity contribution is 5.82. The second-order valence-corrected chi connectivity index (χ2v) is 6.44. The number of H-pyrrole nitrogens is 1. The molecule has 0 spiro atoms. The first-order valence-corrected chi connectivity index (χ1v) is 9.22. The lowest BCUT2D eigenvalue weighted by Gasteiger charge is -2.13. The first-order valence-electron chi connectivity index (χ1n) is 9.22. The maximum atomic E-state index is 12.4. The number of aromatic amines is 1. The molecule has 0 bridgehead atoms. The molecule has 0 saturated heterocycles. The van der Waals surface area contributed by atoms with E-state index in [1.54, 1.807) is 14.2 Å². The Morgan fingerprint density at radius 1 is 1.00 bits per heavy atom. The third kappa shape index (κ3) is 4.14. The first kappa shape index (κ1) is 19.0. The van der Waals surface area contributed by atoms with Crippen LogP contribution in [0.4, 0.5) is 0 Å². The molecule has 142 valence electrons. The fraction of sp³-hybridized carbons (Fsp3) is 0.318. The zero-order valence-corrected chi connectivity index (χ0v) is 16.1. The maximum absolute atomic E-state index is 12.4. The number of rotatable bonds is 8. The van der Waals surface area contributed by atoms with Crippen LogP contribution in [0.15, 0.2) is 47.3 Å². The average molecular weight is 366 g/mol. The molecule has 27 heavy (non-hydrogen) atoms. The largest absolute Gasteiger partial charge is 0.493 e. The van der Waals surface area contributed by atoms with Gasteiger partial charge >= 0.3 is 0 Å². The van der Waals surface area contributed by atoms with Crippen LogP contribution < -0.4 is 20.3 Å². The van der Waals surface area contributed by atoms with Gasteiger partial charge in [0.15, 0.2) is 11.5 Å². The molecule has 0 atom stereocenters. The van der Waals surface area contributed by atoms with Gasteiger partial charge < -0.3 is 19.8 Å². The molecule has 2 aromatic carbocycles. The van der Waals surface area contributed by atoms with Crippen LogP contribution in [0.2, 0.25) is 0 Å². The molecule has 2 N–H and O–H groups in total. The highest BCUT2D eigenvalue weighted by Crippen LogP contribution is 2.30. The van der Waals surface area contributed by atoms with Crippen molar-refractivity contribution in [2.75, 3.05) is 20.8 Å². The second kappa shape index (κ2) is 8.73. The highest BCUT2D eigenvalue weighted by atomic mass is 16.5. The molecule has 1 aromatic heterocycles. The molecule has 0 aliphatic heterocycles. The van der Waals surface area contributed by atoms with Crippen molar-refractivity contribution in [2.45, 2.75) is 26.3 Å². The topological polar surface area (TPSA) is 63.4 Å². The zero-order valence-electron chi connectivity index (χ0n) is 16.1. The standard InChI is InChI=1S/C22H26N2O3/c1-4-15-7-5-9-17-13-18(22(25)24-20(15)17)14-23-12-11-16-8-6-10-19(26-2)21(16)27-3/h5-10,13,23H,4,11-12,14H2,1-3H3,(H,24,25). The first-order chi connectivity index (χ1) is 13.2. The summed E-state index contributed by atoms with van der Waals surface area (Å²) in [5, 5.41) is 4.43. The lowest BCUT2D eigenvalue weighted by molar-refractivity contribution is 0.351. The van der Waals surface area contributed by atoms with Crippen LogP contribution in [0.1, 0.15) is 23.6 Å². The Hall–Kier alpha value is -2.79. The van der Waals surface area contributed by atoms with Crippen molar-refractivity contribution in [2.24, 2.45) is 0 Å². The molecule has 0 saturated carbocycles. The molecule has 0 unspecified atom stereocenters. The van der Waals surface area contributed by atoms with Crippen LogP contribution in [0, 0.1) is 0 Å². The predicted octanol–water partition coefficient (Wildman–Crippen LogP) is 3.44. The minimum absolute atomic E-state index is 0.0325. The molecule has 5 heteroatoms. The van der Waals surface area contributed by atoms with Crippen molar-refractivity contribution in [1.82, 2.24) is 10.3 Å². The number of aryl methyl sites for hydroxylation is 1. The predicted molar refractivity (Wildman–Crippen MR) is 109 cm³/mol. The summed E-state index contributed by atoms with van der Waals surface area (Å²) in [4.78, 5) is 15.5. The summed E-state index contributed by atoms with van der Waals surface area (Å²) >= 11 is 0. The van der Waals surface area contributed by atoms with E-state index in [4.69, 9.17) is 9.47 Å². The van der Waals surface area contributed by atoms with Crippen molar-refractivity contribution in [1.29, 1.82) is 0 Å². The number of nitrogens with one attached hydrogen (secondary N) is 2. The fourth-order valence-electron chi connectivity index (χ4n) is 3.36. The van der Waals surface area contributed by atoms with Crippen molar-refractivity contribution >= 4 is 10.9 Å². The second-order valence-electron chi connectivity index (χ2n) is 6.44. The Balaban J connectivity index is 1.68. The van der Waals surface area contributed by atoms with Crippen LogP contribution in [-0.4, -0.2) is 25.7 Å². The van der Waals surface area contributed by atoms with Gasteiger partial charge in [-0.1, -0.05) is 37.3 Å². The summed E-state index contributed by atoms with van der Waals surface area (Å²) in [6, 6.07) is 14.0. The van der Waals surface area contributed by atoms with Gasteiger partial charge in [-0.2, -0.15) is 0 Å². The lowest BCUT2D eigenvalue weighted by Crippen LogP contribution is -2.23. The Kier molecular flexibility index (Phi) is 6.14. The Morgan fingerprint density at radius 3 is 2.52 bits per heavy atom. The number of para-hydroxylation sites is 2. The normalized spacial score (nSPS) is 10.9. The van der Waals surface area contributed by atoms with E-state index in [1.165, 1.54) is 0 Å². The summed E-state index contributed by atoms with van der Waals surface area (Å²) in [7, 11) is 3.28. The molecule has 3 aromatic rings. The van der Waals surface area contributed by atoms with Gasteiger partial charge in [0.05, 0.1) is 19.7 Å². The Morgan fingerprint density at radius 2 is 1.78 bits per heavy atom. The van der Waals surface area contributed by atoms with E-state index in [9.17, 15) is 4.79 Å². The lowest BCUT2D eigenvalue weighted by atomic mass is 10.1. The third-order valence-electron chi connectivity index (χ3n) is 4.79. The third-order valence-corrected chi connectivity index (χ3v) is 4.79. The van der Waals surface area contributed by atoms with Gasteiger partial charge in [-0.15, -0.1) is 0 Å². The molecule has 0 fully saturated rings. The zero-order chi connectivity index (χ0) is 19.2. The van der Waals surface area contributed by atoms with Gasteiger partial charge in [-0.05, 0) is 48.0 Å². The number of methoxy groups -OCH3 is 2. The van der Waals surface area contributed by atoms with Crippen LogP contribution in [-0.2, 0) is 19.4 Å². The quantitative estimate of drug-likeness (QED) is 0.600. The summed E-state index contributed by atoms with van der Waals surface area (Å²) < 4.78 is 10.8. The highest BCUT2D eigenvalue weighted by Gasteiger charge is 2.09. The van der Waals surface area contributed by atoms with E-state index >= 15 is 0 Å². The van der Waals surface area contributed by atoms with Crippen molar-refractivity contribution in [3.63, 3.8) is 0 Å². The number of aromatic nitrogens is 1. The summed E-state index contributed by atoms with van der Waals surface area (Å²) in [5.74, 6) is 1.49. The number of benzene rings is 2. The molecule has 3 rings (SSSR count). The number of hydrogen-bond acceptors (Lipinski definition) is 4. The number of pyridine rings is 1. The van der Waals surface area contributed by atoms with Crippen LogP contribution >= 0.6 is 0 Å². The maximum Gasteiger partial charge on any atom is 0.252 e. The van der Waals surface area contributed by atoms with E-state index in [2.05, 4.69) is 23.3 Å². The van der Waals surface area contributed by atoms with Gasteiger partial charge in [-0.25, -0.2) is 0 Å². The number of fused-ring (bicyclic) bond motifs is 1. The van der Waals surface area contributed by atoms with E-state index in [0.29, 0.717) is 6.54 Å². The summed E-state index contributed by atoms with van der Waals surface area (Å²) in [6.45, 7) is 3.35. The Bertz CT molecular complexity index is 979. The van der Waals surface area contributed by atoms with Crippen LogP contribution in [0.3, 0.4) is 0 Å². The van der Waals surface area contributed by atoms with Gasteiger partial charge in [-0.3, -0.25) is 4.79 Å². The van der Waals surface area contributed by atoms with Crippen LogP contribution in [0.5, 0.6) is 11.5 Å². The van der Waals surface area contributed by atoms with Gasteiger partial charge in [0.25, 0.3) is 5.56 Å². The molecule has 0 amide bonds. The van der Waals surface area contributed by atoms with E-state index in [0.717, 1.165) is 58.5 Å². The smallest absolute Gasteiger partial charge is 0.252 e. The fourth-order valence-corrected chi connectivity index (χ4v) is 3.36. The summed E-state index contributed by atoms with van der Waals surface area (Å²) in [5.41, 5.74) is 3.89. The molecule has 5 nitrogen and oxygen atoms in total. The Labute approximate surface area is 159 Å². The van der Waals surface area contributed by atoms with Gasteiger partial charge in [0.1, 0.15) is 0 Å². The van der Waals surface area contributed by atoms with Gasteiger partial charge in [0.2, 0.25) is 0 Å². The van der Waals surface area contributed by atoms with E-state index in [-0.39, 0.29) is 5.56 Å². The molecular weight excluding hydrogens is 340 g/mol. The number of hydrogen-bond donors (Lipinski definition) is 2. The molecule has 0 aliphatic rings. The molecule has 0 radical (unpaired) electrons. The van der Waals surface area contributed by atoms with Crippen LogP contribution in [0.25, 0.3) is 10.9 Å². The summed E-state index contributed by atoms with van der Waals surface area (Å²) in [6.07, 6.45) is 1.68.